The summed E-state index contributed by atoms with van der Waals surface area (Å²) in [6.07, 6.45) is 1.69. The van der Waals surface area contributed by atoms with Gasteiger partial charge in [0.2, 0.25) is 0 Å². The lowest BCUT2D eigenvalue weighted by atomic mass is 9.66. The van der Waals surface area contributed by atoms with E-state index in [-0.39, 0.29) is 17.4 Å². The molecule has 1 aliphatic heterocycles. The van der Waals surface area contributed by atoms with Crippen LogP contribution in [0.15, 0.2) is 24.3 Å². The third-order valence-corrected chi connectivity index (χ3v) is 4.04. The van der Waals surface area contributed by atoms with E-state index >= 15 is 0 Å². The van der Waals surface area contributed by atoms with Gasteiger partial charge < -0.3 is 9.84 Å². The molecule has 1 N–H and O–H groups in total. The molecule has 1 aromatic carbocycles. The molecule has 3 nitrogen and oxygen atoms in total. The van der Waals surface area contributed by atoms with Gasteiger partial charge in [-0.2, -0.15) is 0 Å². The fourth-order valence-corrected chi connectivity index (χ4v) is 3.41. The molecule has 2 rings (SSSR count). The Morgan fingerprint density at radius 2 is 2.05 bits per heavy atom. The molecule has 104 valence electrons. The molecule has 0 bridgehead atoms. The van der Waals surface area contributed by atoms with Crippen molar-refractivity contribution < 1.29 is 14.6 Å². The van der Waals surface area contributed by atoms with Crippen LogP contribution in [0.1, 0.15) is 44.2 Å². The van der Waals surface area contributed by atoms with E-state index in [0.29, 0.717) is 6.61 Å². The van der Waals surface area contributed by atoms with Crippen LogP contribution in [0.2, 0.25) is 0 Å². The number of benzene rings is 1. The highest BCUT2D eigenvalue weighted by atomic mass is 16.5. The maximum absolute atomic E-state index is 11.3. The Kier molecular flexibility index (Phi) is 3.68. The second-order valence-corrected chi connectivity index (χ2v) is 6.20. The first-order chi connectivity index (χ1) is 8.85. The number of hydrogen-bond donors (Lipinski definition) is 1. The number of rotatable bonds is 3. The van der Waals surface area contributed by atoms with Crippen molar-refractivity contribution in [2.45, 2.75) is 51.0 Å². The van der Waals surface area contributed by atoms with Crippen LogP contribution in [0.4, 0.5) is 0 Å². The van der Waals surface area contributed by atoms with Crippen LogP contribution in [0, 0.1) is 6.92 Å². The van der Waals surface area contributed by atoms with Gasteiger partial charge in [0.1, 0.15) is 0 Å². The van der Waals surface area contributed by atoms with E-state index in [0.717, 1.165) is 18.4 Å². The summed E-state index contributed by atoms with van der Waals surface area (Å²) in [6, 6.07) is 8.12. The van der Waals surface area contributed by atoms with Crippen LogP contribution in [0.3, 0.4) is 0 Å². The highest BCUT2D eigenvalue weighted by Gasteiger charge is 2.44. The number of hydrogen-bond acceptors (Lipinski definition) is 2. The molecule has 1 fully saturated rings. The molecule has 0 spiro atoms. The topological polar surface area (TPSA) is 46.5 Å². The molecule has 1 saturated heterocycles. The van der Waals surface area contributed by atoms with Crippen LogP contribution in [-0.2, 0) is 14.9 Å². The molecule has 0 radical (unpaired) electrons. The maximum Gasteiger partial charge on any atom is 0.304 e. The first kappa shape index (κ1) is 14.1. The average molecular weight is 262 g/mol. The summed E-state index contributed by atoms with van der Waals surface area (Å²) in [7, 11) is 0. The lowest BCUT2D eigenvalue weighted by Gasteiger charge is -2.45. The molecule has 1 atom stereocenters. The molecule has 0 aromatic heterocycles. The van der Waals surface area contributed by atoms with Crippen molar-refractivity contribution in [1.82, 2.24) is 0 Å². The van der Waals surface area contributed by atoms with Crippen molar-refractivity contribution in [1.29, 1.82) is 0 Å². The highest BCUT2D eigenvalue weighted by Crippen LogP contribution is 2.45. The largest absolute Gasteiger partial charge is 0.481 e. The summed E-state index contributed by atoms with van der Waals surface area (Å²) in [5.41, 5.74) is 1.75. The van der Waals surface area contributed by atoms with Crippen LogP contribution in [0.25, 0.3) is 0 Å². The van der Waals surface area contributed by atoms with E-state index in [9.17, 15) is 9.90 Å². The smallest absolute Gasteiger partial charge is 0.304 e. The Morgan fingerprint density at radius 1 is 1.37 bits per heavy atom. The quantitative estimate of drug-likeness (QED) is 0.909. The van der Waals surface area contributed by atoms with E-state index in [2.05, 4.69) is 19.1 Å². The molecule has 3 heteroatoms. The van der Waals surface area contributed by atoms with Gasteiger partial charge in [-0.05, 0) is 44.7 Å². The number of carboxylic acids is 1. The predicted molar refractivity (Wildman–Crippen MR) is 74.4 cm³/mol. The van der Waals surface area contributed by atoms with E-state index in [4.69, 9.17) is 4.74 Å². The van der Waals surface area contributed by atoms with Crippen molar-refractivity contribution in [3.8, 4) is 0 Å². The summed E-state index contributed by atoms with van der Waals surface area (Å²) in [6.45, 7) is 6.76. The van der Waals surface area contributed by atoms with Crippen LogP contribution in [0.5, 0.6) is 0 Å². The van der Waals surface area contributed by atoms with Gasteiger partial charge in [0.25, 0.3) is 0 Å². The van der Waals surface area contributed by atoms with Gasteiger partial charge in [-0.25, -0.2) is 0 Å². The van der Waals surface area contributed by atoms with Gasteiger partial charge in [0, 0.05) is 12.0 Å². The van der Waals surface area contributed by atoms with Crippen LogP contribution >= 0.6 is 0 Å². The molecule has 1 unspecified atom stereocenters. The molecule has 1 aliphatic rings. The Morgan fingerprint density at radius 3 is 2.63 bits per heavy atom. The molecular weight excluding hydrogens is 240 g/mol. The van der Waals surface area contributed by atoms with E-state index in [1.807, 2.05) is 26.0 Å². The number of carboxylic acid groups (broad SMARTS) is 1. The third kappa shape index (κ3) is 2.98. The monoisotopic (exact) mass is 262 g/mol. The van der Waals surface area contributed by atoms with Crippen molar-refractivity contribution in [3.63, 3.8) is 0 Å². The summed E-state index contributed by atoms with van der Waals surface area (Å²) >= 11 is 0. The molecule has 1 aromatic rings. The SMILES string of the molecule is Cc1ccccc1C1(CC(=O)O)CCOC(C)(C)C1. The summed E-state index contributed by atoms with van der Waals surface area (Å²) < 4.78 is 5.77. The summed E-state index contributed by atoms with van der Waals surface area (Å²) in [5, 5.41) is 9.31. The zero-order chi connectivity index (χ0) is 14.1. The number of aryl methyl sites for hydroxylation is 1. The number of ether oxygens (including phenoxy) is 1. The summed E-state index contributed by atoms with van der Waals surface area (Å²) in [4.78, 5) is 11.3. The van der Waals surface area contributed by atoms with Gasteiger partial charge in [0.05, 0.1) is 12.0 Å². The van der Waals surface area contributed by atoms with Gasteiger partial charge in [-0.1, -0.05) is 24.3 Å². The normalized spacial score (nSPS) is 26.1. The minimum absolute atomic E-state index is 0.171. The minimum atomic E-state index is -0.735. The van der Waals surface area contributed by atoms with Crippen LogP contribution < -0.4 is 0 Å². The van der Waals surface area contributed by atoms with Gasteiger partial charge in [0.15, 0.2) is 0 Å². The Labute approximate surface area is 114 Å². The van der Waals surface area contributed by atoms with E-state index in [1.54, 1.807) is 0 Å². The maximum atomic E-state index is 11.3. The third-order valence-electron chi connectivity index (χ3n) is 4.04. The molecule has 19 heavy (non-hydrogen) atoms. The first-order valence-electron chi connectivity index (χ1n) is 6.77. The second kappa shape index (κ2) is 4.97. The van der Waals surface area contributed by atoms with Crippen molar-refractivity contribution in [2.24, 2.45) is 0 Å². The number of aliphatic carboxylic acids is 1. The molecule has 0 saturated carbocycles. The zero-order valence-electron chi connectivity index (χ0n) is 11.9. The molecule has 0 amide bonds. The molecular formula is C16H22O3. The molecule has 0 aliphatic carbocycles. The average Bonchev–Trinajstić information content (AvgIpc) is 2.26. The fourth-order valence-electron chi connectivity index (χ4n) is 3.41. The minimum Gasteiger partial charge on any atom is -0.481 e. The second-order valence-electron chi connectivity index (χ2n) is 6.20. The van der Waals surface area contributed by atoms with Crippen LogP contribution in [-0.4, -0.2) is 23.3 Å². The molecule has 1 heterocycles. The lowest BCUT2D eigenvalue weighted by Crippen LogP contribution is -2.45. The Hall–Kier alpha value is -1.35. The van der Waals surface area contributed by atoms with Gasteiger partial charge in [-0.3, -0.25) is 4.79 Å². The van der Waals surface area contributed by atoms with Crippen molar-refractivity contribution in [2.75, 3.05) is 6.61 Å². The summed E-state index contributed by atoms with van der Waals surface area (Å²) in [5.74, 6) is -0.735. The van der Waals surface area contributed by atoms with Gasteiger partial charge in [-0.15, -0.1) is 0 Å². The Balaban J connectivity index is 2.46. The van der Waals surface area contributed by atoms with Crippen molar-refractivity contribution >= 4 is 5.97 Å². The van der Waals surface area contributed by atoms with E-state index < -0.39 is 5.97 Å². The predicted octanol–water partition coefficient (Wildman–Crippen LogP) is 3.30. The Bertz CT molecular complexity index is 479. The van der Waals surface area contributed by atoms with E-state index in [1.165, 1.54) is 5.56 Å². The fraction of sp³-hybridized carbons (Fsp3) is 0.562. The van der Waals surface area contributed by atoms with Gasteiger partial charge >= 0.3 is 5.97 Å². The lowest BCUT2D eigenvalue weighted by molar-refractivity contribution is -0.142. The number of carbonyl (C=O) groups is 1. The highest BCUT2D eigenvalue weighted by molar-refractivity contribution is 5.69. The zero-order valence-corrected chi connectivity index (χ0v) is 11.9. The standard InChI is InChI=1S/C16H22O3/c1-12-6-4-5-7-13(12)16(10-14(17)18)8-9-19-15(2,3)11-16/h4-7H,8-11H2,1-3H3,(H,17,18). The first-order valence-corrected chi connectivity index (χ1v) is 6.77. The van der Waals surface area contributed by atoms with Crippen molar-refractivity contribution in [3.05, 3.63) is 35.4 Å².